The van der Waals surface area contributed by atoms with E-state index in [0.29, 0.717) is 23.6 Å². The van der Waals surface area contributed by atoms with Crippen molar-refractivity contribution < 1.29 is 13.3 Å². The Morgan fingerprint density at radius 2 is 1.68 bits per heavy atom. The van der Waals surface area contributed by atoms with Crippen molar-refractivity contribution in [1.82, 2.24) is 14.9 Å². The van der Waals surface area contributed by atoms with Crippen LogP contribution in [0.15, 0.2) is 88.4 Å². The molecule has 0 aliphatic heterocycles. The molecular weight excluding hydrogens is 410 g/mol. The first-order chi connectivity index (χ1) is 14.8. The van der Waals surface area contributed by atoms with E-state index in [-0.39, 0.29) is 0 Å². The molecule has 2 aromatic heterocycles. The van der Waals surface area contributed by atoms with E-state index in [4.69, 9.17) is 4.52 Å². The molecule has 4 rings (SSSR count). The summed E-state index contributed by atoms with van der Waals surface area (Å²) in [6.07, 6.45) is 3.61. The van der Waals surface area contributed by atoms with Crippen LogP contribution >= 0.6 is 0 Å². The lowest BCUT2D eigenvalue weighted by Gasteiger charge is -2.40. The lowest BCUT2D eigenvalue weighted by Crippen LogP contribution is -2.46. The summed E-state index contributed by atoms with van der Waals surface area (Å²) in [5.74, 6) is 0.693. The maximum atomic E-state index is 13.3. The Morgan fingerprint density at radius 3 is 2.35 bits per heavy atom. The van der Waals surface area contributed by atoms with E-state index in [1.165, 1.54) is 6.26 Å². The Balaban J connectivity index is 1.57. The monoisotopic (exact) mass is 435 g/mol. The highest BCUT2D eigenvalue weighted by molar-refractivity contribution is 8.12. The molecule has 0 fully saturated rings. The van der Waals surface area contributed by atoms with E-state index in [1.807, 2.05) is 67.6 Å². The van der Waals surface area contributed by atoms with E-state index in [0.717, 1.165) is 28.1 Å². The van der Waals surface area contributed by atoms with Gasteiger partial charge in [-0.05, 0) is 36.8 Å². The topological polar surface area (TPSA) is 88.2 Å². The maximum Gasteiger partial charge on any atom is 0.142 e. The number of aromatic nitrogens is 2. The normalized spacial score (nSPS) is 12.9. The van der Waals surface area contributed by atoms with Gasteiger partial charge in [0, 0.05) is 36.7 Å². The van der Waals surface area contributed by atoms with Crippen LogP contribution in [0.2, 0.25) is 0 Å². The summed E-state index contributed by atoms with van der Waals surface area (Å²) in [6.45, 7) is 2.19. The molecule has 0 saturated heterocycles. The number of hydrogen-bond donors (Lipinski definition) is 2. The smallest absolute Gasteiger partial charge is 0.142 e. The number of nitrogens with one attached hydrogen (secondary N) is 1. The largest absolute Gasteiger partial charge is 0.360 e. The second-order valence-corrected chi connectivity index (χ2v) is 10.9. The lowest BCUT2D eigenvalue weighted by molar-refractivity contribution is 0.400. The zero-order chi connectivity index (χ0) is 21.9. The van der Waals surface area contributed by atoms with Crippen molar-refractivity contribution in [3.8, 4) is 22.4 Å². The molecule has 6 nitrogen and oxygen atoms in total. The van der Waals surface area contributed by atoms with Crippen molar-refractivity contribution in [2.45, 2.75) is 18.2 Å². The molecule has 7 heteroatoms. The molecule has 0 aliphatic rings. The van der Waals surface area contributed by atoms with Gasteiger partial charge in [-0.1, -0.05) is 53.7 Å². The quantitative estimate of drug-likeness (QED) is 0.438. The van der Waals surface area contributed by atoms with Crippen molar-refractivity contribution in [2.24, 2.45) is 0 Å². The fourth-order valence-electron chi connectivity index (χ4n) is 3.50. The molecule has 2 aromatic carbocycles. The highest BCUT2D eigenvalue weighted by Crippen LogP contribution is 2.35. The van der Waals surface area contributed by atoms with Crippen molar-refractivity contribution >= 4 is 9.53 Å². The first kappa shape index (κ1) is 21.1. The number of rotatable bonds is 7. The second-order valence-electron chi connectivity index (χ2n) is 7.60. The molecule has 0 spiro atoms. The average Bonchev–Trinajstić information content (AvgIpc) is 3.16. The minimum absolute atomic E-state index is 0.331. The van der Waals surface area contributed by atoms with Crippen LogP contribution < -0.4 is 4.72 Å². The van der Waals surface area contributed by atoms with Crippen molar-refractivity contribution in [3.05, 3.63) is 90.4 Å². The molecule has 2 heterocycles. The van der Waals surface area contributed by atoms with Crippen LogP contribution in [0.5, 0.6) is 0 Å². The van der Waals surface area contributed by atoms with Crippen molar-refractivity contribution in [2.75, 3.05) is 12.8 Å². The van der Waals surface area contributed by atoms with Gasteiger partial charge in [-0.25, -0.2) is 4.72 Å². The predicted molar refractivity (Wildman–Crippen MR) is 123 cm³/mol. The number of pyridine rings is 1. The van der Waals surface area contributed by atoms with Gasteiger partial charge in [-0.15, -0.1) is 9.53 Å². The molecule has 0 radical (unpaired) electrons. The molecule has 0 amide bonds. The highest BCUT2D eigenvalue weighted by Gasteiger charge is 2.24. The van der Waals surface area contributed by atoms with E-state index in [9.17, 15) is 8.76 Å². The third kappa shape index (κ3) is 4.64. The maximum absolute atomic E-state index is 13.3. The number of aryl methyl sites for hydroxylation is 1. The van der Waals surface area contributed by atoms with Crippen molar-refractivity contribution in [3.63, 3.8) is 0 Å². The molecule has 0 atom stereocenters. The Hall–Kier alpha value is -3.13. The van der Waals surface area contributed by atoms with Crippen molar-refractivity contribution in [1.29, 1.82) is 0 Å². The van der Waals surface area contributed by atoms with Gasteiger partial charge in [0.15, 0.2) is 0 Å². The van der Waals surface area contributed by atoms with Gasteiger partial charge < -0.3 is 4.52 Å². The third-order valence-corrected chi connectivity index (χ3v) is 7.42. The minimum atomic E-state index is -4.20. The van der Waals surface area contributed by atoms with Crippen LogP contribution in [0.25, 0.3) is 22.4 Å². The first-order valence-electron chi connectivity index (χ1n) is 9.99. The fraction of sp³-hybridized carbons (Fsp3) is 0.167. The lowest BCUT2D eigenvalue weighted by atomic mass is 10.00. The Bertz CT molecular complexity index is 1230. The molecule has 0 unspecified atom stereocenters. The molecule has 4 aromatic rings. The summed E-state index contributed by atoms with van der Waals surface area (Å²) in [7, 11) is -4.20. The second kappa shape index (κ2) is 8.19. The van der Waals surface area contributed by atoms with Crippen LogP contribution in [0.4, 0.5) is 0 Å². The van der Waals surface area contributed by atoms with Crippen LogP contribution in [-0.4, -0.2) is 31.7 Å². The van der Waals surface area contributed by atoms with Gasteiger partial charge >= 0.3 is 0 Å². The predicted octanol–water partition coefficient (Wildman–Crippen LogP) is 4.74. The fourth-order valence-corrected chi connectivity index (χ4v) is 5.02. The van der Waals surface area contributed by atoms with Gasteiger partial charge in [-0.2, -0.15) is 4.21 Å². The van der Waals surface area contributed by atoms with Crippen LogP contribution in [0.3, 0.4) is 0 Å². The SMILES string of the molecule is Cc1onc(-c2ccccc2)c1-c1ccc(S(C)(=O)(O)NCCc2ccccn2)cc1. The van der Waals surface area contributed by atoms with E-state index in [1.54, 1.807) is 18.3 Å². The molecule has 0 aliphatic carbocycles. The van der Waals surface area contributed by atoms with Gasteiger partial charge in [0.1, 0.15) is 11.5 Å². The number of nitrogens with zero attached hydrogens (tertiary/aromatic N) is 2. The molecule has 160 valence electrons. The van der Waals surface area contributed by atoms with Gasteiger partial charge in [0.25, 0.3) is 0 Å². The Morgan fingerprint density at radius 1 is 0.968 bits per heavy atom. The summed E-state index contributed by atoms with van der Waals surface area (Å²) in [5, 5.41) is 4.22. The summed E-state index contributed by atoms with van der Waals surface area (Å²) in [5.41, 5.74) is 4.31. The number of hydrogen-bond acceptors (Lipinski definition) is 4. The third-order valence-electron chi connectivity index (χ3n) is 5.16. The van der Waals surface area contributed by atoms with Crippen LogP contribution in [0, 0.1) is 6.92 Å². The van der Waals surface area contributed by atoms with Gasteiger partial charge in [-0.3, -0.25) is 9.54 Å². The zero-order valence-electron chi connectivity index (χ0n) is 17.5. The summed E-state index contributed by atoms with van der Waals surface area (Å²) < 4.78 is 32.5. The highest BCUT2D eigenvalue weighted by atomic mass is 32.3. The average molecular weight is 436 g/mol. The molecule has 31 heavy (non-hydrogen) atoms. The van der Waals surface area contributed by atoms with Gasteiger partial charge in [0.2, 0.25) is 0 Å². The molecule has 0 bridgehead atoms. The summed E-state index contributed by atoms with van der Waals surface area (Å²) in [4.78, 5) is 4.58. The van der Waals surface area contributed by atoms with Crippen LogP contribution in [-0.2, 0) is 16.0 Å². The van der Waals surface area contributed by atoms with Crippen LogP contribution in [0.1, 0.15) is 11.5 Å². The van der Waals surface area contributed by atoms with E-state index < -0.39 is 9.53 Å². The molecule has 2 N–H and O–H groups in total. The van der Waals surface area contributed by atoms with E-state index in [2.05, 4.69) is 14.9 Å². The summed E-state index contributed by atoms with van der Waals surface area (Å²) in [6, 6.07) is 22.5. The standard InChI is InChI=1S/C24H25N3O3S/c1-18-23(24(27-30-18)20-8-4-3-5-9-20)19-11-13-22(14-12-19)31(2,28,29)26-17-15-21-10-6-7-16-25-21/h3-14,16H,15,17H2,1-2H3,(H2,26,28,29). The molecular formula is C24H25N3O3S. The minimum Gasteiger partial charge on any atom is -0.360 e. The Kier molecular flexibility index (Phi) is 5.58. The van der Waals surface area contributed by atoms with Gasteiger partial charge in [0.05, 0.1) is 10.5 Å². The summed E-state index contributed by atoms with van der Waals surface area (Å²) >= 11 is 0. The Labute approximate surface area is 181 Å². The first-order valence-corrected chi connectivity index (χ1v) is 12.3. The number of benzene rings is 2. The van der Waals surface area contributed by atoms with E-state index >= 15 is 0 Å². The molecule has 0 saturated carbocycles. The zero-order valence-corrected chi connectivity index (χ0v) is 18.3.